The highest BCUT2D eigenvalue weighted by Gasteiger charge is 2.26. The predicted octanol–water partition coefficient (Wildman–Crippen LogP) is 1.45. The van der Waals surface area contributed by atoms with E-state index in [9.17, 15) is 4.79 Å². The summed E-state index contributed by atoms with van der Waals surface area (Å²) in [6.45, 7) is 6.75. The molecule has 0 bridgehead atoms. The summed E-state index contributed by atoms with van der Waals surface area (Å²) in [5.74, 6) is -0.00671. The average molecular weight is 272 g/mol. The van der Waals surface area contributed by atoms with Crippen LogP contribution in [0.3, 0.4) is 0 Å². The number of pyridine rings is 1. The minimum atomic E-state index is -0.0381. The van der Waals surface area contributed by atoms with Crippen LogP contribution in [0.4, 0.5) is 0 Å². The zero-order valence-corrected chi connectivity index (χ0v) is 12.0. The topological polar surface area (TPSA) is 60.2 Å². The summed E-state index contributed by atoms with van der Waals surface area (Å²) in [6.07, 6.45) is 2.48. The number of carbonyl (C=O) groups is 1. The molecule has 2 rings (SSSR count). The normalized spacial score (nSPS) is 17.6. The summed E-state index contributed by atoms with van der Waals surface area (Å²) in [6, 6.07) is 6.02. The molecule has 1 aliphatic heterocycles. The Kier molecular flexibility index (Phi) is 4.70. The van der Waals surface area contributed by atoms with Crippen LogP contribution in [0.15, 0.2) is 18.3 Å². The van der Waals surface area contributed by atoms with E-state index in [1.807, 2.05) is 30.9 Å². The Balaban J connectivity index is 1.99. The molecule has 2 heterocycles. The number of carbonyl (C=O) groups excluding carboxylic acids is 1. The number of aromatic nitrogens is 1. The van der Waals surface area contributed by atoms with Gasteiger partial charge in [-0.15, -0.1) is 0 Å². The molecule has 0 aliphatic carbocycles. The van der Waals surface area contributed by atoms with Gasteiger partial charge in [0.2, 0.25) is 0 Å². The Bertz CT molecular complexity index is 515. The van der Waals surface area contributed by atoms with Crippen LogP contribution in [0.2, 0.25) is 0 Å². The summed E-state index contributed by atoms with van der Waals surface area (Å²) in [7, 11) is 0. The first-order valence-electron chi connectivity index (χ1n) is 7.02. The molecular weight excluding hydrogens is 252 g/mol. The number of piperazine rings is 1. The number of nitriles is 1. The molecule has 1 amide bonds. The molecule has 106 valence electrons. The van der Waals surface area contributed by atoms with Crippen LogP contribution in [-0.2, 0) is 0 Å². The molecule has 0 radical (unpaired) electrons. The van der Waals surface area contributed by atoms with E-state index in [4.69, 9.17) is 5.26 Å². The number of rotatable bonds is 3. The standard InChI is InChI=1S/C15H20N4O/c1-3-13(11-16)18-7-9-19(10-8-18)15(20)14-12(2)5-4-6-17-14/h4-6,13H,3,7-10H2,1-2H3. The van der Waals surface area contributed by atoms with Crippen molar-refractivity contribution in [3.63, 3.8) is 0 Å². The molecule has 20 heavy (non-hydrogen) atoms. The van der Waals surface area contributed by atoms with Crippen molar-refractivity contribution in [2.75, 3.05) is 26.2 Å². The molecule has 1 saturated heterocycles. The van der Waals surface area contributed by atoms with Gasteiger partial charge in [0, 0.05) is 32.4 Å². The number of aryl methyl sites for hydroxylation is 1. The van der Waals surface area contributed by atoms with Gasteiger partial charge in [-0.1, -0.05) is 13.0 Å². The first-order valence-corrected chi connectivity index (χ1v) is 7.02. The smallest absolute Gasteiger partial charge is 0.272 e. The second kappa shape index (κ2) is 6.49. The van der Waals surface area contributed by atoms with E-state index in [1.54, 1.807) is 6.20 Å². The second-order valence-corrected chi connectivity index (χ2v) is 5.05. The van der Waals surface area contributed by atoms with Crippen LogP contribution in [0.5, 0.6) is 0 Å². The van der Waals surface area contributed by atoms with Crippen LogP contribution in [0.25, 0.3) is 0 Å². The van der Waals surface area contributed by atoms with Crippen molar-refractivity contribution in [1.82, 2.24) is 14.8 Å². The van der Waals surface area contributed by atoms with E-state index in [0.29, 0.717) is 18.8 Å². The Morgan fingerprint density at radius 3 is 2.70 bits per heavy atom. The second-order valence-electron chi connectivity index (χ2n) is 5.05. The van der Waals surface area contributed by atoms with Gasteiger partial charge in [0.05, 0.1) is 12.1 Å². The fourth-order valence-electron chi connectivity index (χ4n) is 2.53. The van der Waals surface area contributed by atoms with Crippen molar-refractivity contribution in [2.24, 2.45) is 0 Å². The lowest BCUT2D eigenvalue weighted by Crippen LogP contribution is -2.51. The van der Waals surface area contributed by atoms with Gasteiger partial charge in [0.15, 0.2) is 0 Å². The van der Waals surface area contributed by atoms with Crippen molar-refractivity contribution >= 4 is 5.91 Å². The fraction of sp³-hybridized carbons (Fsp3) is 0.533. The largest absolute Gasteiger partial charge is 0.335 e. The minimum absolute atomic E-state index is 0.00671. The molecule has 1 aliphatic rings. The number of hydrogen-bond donors (Lipinski definition) is 0. The van der Waals surface area contributed by atoms with Gasteiger partial charge in [-0.25, -0.2) is 0 Å². The third kappa shape index (κ3) is 2.97. The molecule has 1 fully saturated rings. The maximum atomic E-state index is 12.4. The van der Waals surface area contributed by atoms with Crippen LogP contribution in [-0.4, -0.2) is 52.9 Å². The van der Waals surface area contributed by atoms with Crippen molar-refractivity contribution in [3.05, 3.63) is 29.6 Å². The molecule has 0 saturated carbocycles. The van der Waals surface area contributed by atoms with Gasteiger partial charge in [0.1, 0.15) is 5.69 Å². The van der Waals surface area contributed by atoms with E-state index in [2.05, 4.69) is 16.0 Å². The molecule has 1 aromatic rings. The van der Waals surface area contributed by atoms with Crippen LogP contribution < -0.4 is 0 Å². The average Bonchev–Trinajstić information content (AvgIpc) is 2.49. The van der Waals surface area contributed by atoms with E-state index in [1.165, 1.54) is 0 Å². The maximum Gasteiger partial charge on any atom is 0.272 e. The lowest BCUT2D eigenvalue weighted by atomic mass is 10.1. The van der Waals surface area contributed by atoms with Crippen LogP contribution >= 0.6 is 0 Å². The Morgan fingerprint density at radius 1 is 1.45 bits per heavy atom. The molecule has 5 heteroatoms. The zero-order valence-electron chi connectivity index (χ0n) is 12.0. The van der Waals surface area contributed by atoms with E-state index in [-0.39, 0.29) is 11.9 Å². The predicted molar refractivity (Wildman–Crippen MR) is 76.1 cm³/mol. The monoisotopic (exact) mass is 272 g/mol. The highest BCUT2D eigenvalue weighted by Crippen LogP contribution is 2.13. The molecule has 0 N–H and O–H groups in total. The van der Waals surface area contributed by atoms with Gasteiger partial charge >= 0.3 is 0 Å². The fourth-order valence-corrected chi connectivity index (χ4v) is 2.53. The van der Waals surface area contributed by atoms with Crippen molar-refractivity contribution in [2.45, 2.75) is 26.3 Å². The lowest BCUT2D eigenvalue weighted by molar-refractivity contribution is 0.0598. The molecular formula is C15H20N4O. The first kappa shape index (κ1) is 14.5. The summed E-state index contributed by atoms with van der Waals surface area (Å²) in [5, 5.41) is 9.09. The van der Waals surface area contributed by atoms with E-state index < -0.39 is 0 Å². The van der Waals surface area contributed by atoms with Gasteiger partial charge < -0.3 is 4.90 Å². The molecule has 0 spiro atoms. The molecule has 0 aromatic carbocycles. The molecule has 5 nitrogen and oxygen atoms in total. The highest BCUT2D eigenvalue weighted by atomic mass is 16.2. The molecule has 1 aromatic heterocycles. The molecule has 1 unspecified atom stereocenters. The maximum absolute atomic E-state index is 12.4. The summed E-state index contributed by atoms with van der Waals surface area (Å²) in [4.78, 5) is 20.6. The molecule has 1 atom stereocenters. The summed E-state index contributed by atoms with van der Waals surface area (Å²) < 4.78 is 0. The summed E-state index contributed by atoms with van der Waals surface area (Å²) in [5.41, 5.74) is 1.44. The quantitative estimate of drug-likeness (QED) is 0.835. The van der Waals surface area contributed by atoms with Crippen molar-refractivity contribution in [3.8, 4) is 6.07 Å². The van der Waals surface area contributed by atoms with Gasteiger partial charge in [-0.2, -0.15) is 5.26 Å². The zero-order chi connectivity index (χ0) is 14.5. The Hall–Kier alpha value is -1.93. The van der Waals surface area contributed by atoms with E-state index in [0.717, 1.165) is 25.1 Å². The van der Waals surface area contributed by atoms with Crippen LogP contribution in [0, 0.1) is 18.3 Å². The Morgan fingerprint density at radius 2 is 2.15 bits per heavy atom. The van der Waals surface area contributed by atoms with Crippen LogP contribution in [0.1, 0.15) is 29.4 Å². The van der Waals surface area contributed by atoms with Gasteiger partial charge in [-0.05, 0) is 25.0 Å². The number of amides is 1. The highest BCUT2D eigenvalue weighted by molar-refractivity contribution is 5.93. The number of hydrogen-bond acceptors (Lipinski definition) is 4. The van der Waals surface area contributed by atoms with Gasteiger partial charge in [-0.3, -0.25) is 14.7 Å². The third-order valence-corrected chi connectivity index (χ3v) is 3.79. The third-order valence-electron chi connectivity index (χ3n) is 3.79. The van der Waals surface area contributed by atoms with Crippen molar-refractivity contribution in [1.29, 1.82) is 5.26 Å². The number of nitrogens with zero attached hydrogens (tertiary/aromatic N) is 4. The minimum Gasteiger partial charge on any atom is -0.335 e. The SMILES string of the molecule is CCC(C#N)N1CCN(C(=O)c2ncccc2C)CC1. The van der Waals surface area contributed by atoms with Gasteiger partial charge in [0.25, 0.3) is 5.91 Å². The van der Waals surface area contributed by atoms with Crippen molar-refractivity contribution < 1.29 is 4.79 Å². The van der Waals surface area contributed by atoms with E-state index >= 15 is 0 Å². The summed E-state index contributed by atoms with van der Waals surface area (Å²) >= 11 is 0. The Labute approximate surface area is 119 Å². The first-order chi connectivity index (χ1) is 9.67. The lowest BCUT2D eigenvalue weighted by Gasteiger charge is -2.36.